The van der Waals surface area contributed by atoms with E-state index in [-0.39, 0.29) is 17.9 Å². The minimum absolute atomic E-state index is 0.0549. The maximum atomic E-state index is 10.9. The minimum Gasteiger partial charge on any atom is -0.506 e. The molecule has 0 bridgehead atoms. The molecule has 0 aliphatic heterocycles. The van der Waals surface area contributed by atoms with Gasteiger partial charge in [-0.2, -0.15) is 0 Å². The summed E-state index contributed by atoms with van der Waals surface area (Å²) < 4.78 is 4.45. The van der Waals surface area contributed by atoms with Crippen LogP contribution >= 0.6 is 0 Å². The van der Waals surface area contributed by atoms with Crippen LogP contribution in [0.2, 0.25) is 0 Å². The van der Waals surface area contributed by atoms with Crippen molar-refractivity contribution >= 4 is 11.7 Å². The standard InChI is InChI=1S/C9H9NO4/c1-14-9(12)5-6-2-3-8(11)7(4-6)10-13/h2-4,11H,5H2,1H3. The molecule has 1 rings (SSSR count). The normalized spacial score (nSPS) is 9.50. The summed E-state index contributed by atoms with van der Waals surface area (Å²) in [4.78, 5) is 21.1. The lowest BCUT2D eigenvalue weighted by Gasteiger charge is -2.01. The first kappa shape index (κ1) is 10.2. The third-order valence-corrected chi connectivity index (χ3v) is 1.71. The van der Waals surface area contributed by atoms with Crippen molar-refractivity contribution in [2.75, 3.05) is 7.11 Å². The molecule has 1 N–H and O–H groups in total. The molecular weight excluding hydrogens is 186 g/mol. The number of aromatic hydroxyl groups is 1. The van der Waals surface area contributed by atoms with E-state index < -0.39 is 5.97 Å². The summed E-state index contributed by atoms with van der Waals surface area (Å²) in [6.07, 6.45) is 0.0549. The van der Waals surface area contributed by atoms with E-state index in [1.165, 1.54) is 25.3 Å². The molecule has 0 spiro atoms. The highest BCUT2D eigenvalue weighted by molar-refractivity contribution is 5.73. The van der Waals surface area contributed by atoms with Crippen LogP contribution in [0, 0.1) is 4.91 Å². The van der Waals surface area contributed by atoms with Gasteiger partial charge in [0.2, 0.25) is 0 Å². The van der Waals surface area contributed by atoms with Gasteiger partial charge in [0.15, 0.2) is 0 Å². The van der Waals surface area contributed by atoms with Gasteiger partial charge in [0.1, 0.15) is 11.4 Å². The number of phenols is 1. The number of ether oxygens (including phenoxy) is 1. The van der Waals surface area contributed by atoms with Gasteiger partial charge in [-0.15, -0.1) is 4.91 Å². The smallest absolute Gasteiger partial charge is 0.309 e. The molecule has 0 saturated carbocycles. The van der Waals surface area contributed by atoms with Crippen molar-refractivity contribution < 1.29 is 14.6 Å². The fourth-order valence-electron chi connectivity index (χ4n) is 0.991. The second-order valence-corrected chi connectivity index (χ2v) is 2.67. The van der Waals surface area contributed by atoms with Crippen LogP contribution in [0.25, 0.3) is 0 Å². The molecule has 0 aromatic heterocycles. The lowest BCUT2D eigenvalue weighted by atomic mass is 10.1. The number of phenolic OH excluding ortho intramolecular Hbond substituents is 1. The zero-order chi connectivity index (χ0) is 10.6. The molecule has 0 unspecified atom stereocenters. The quantitative estimate of drug-likeness (QED) is 0.585. The molecule has 1 aromatic carbocycles. The molecule has 0 radical (unpaired) electrons. The Labute approximate surface area is 80.3 Å². The molecule has 0 aliphatic carbocycles. The van der Waals surface area contributed by atoms with E-state index in [0.29, 0.717) is 5.56 Å². The van der Waals surface area contributed by atoms with Gasteiger partial charge in [0.05, 0.1) is 13.5 Å². The third kappa shape index (κ3) is 2.29. The van der Waals surface area contributed by atoms with Crippen molar-refractivity contribution in [3.05, 3.63) is 28.7 Å². The summed E-state index contributed by atoms with van der Waals surface area (Å²) >= 11 is 0. The van der Waals surface area contributed by atoms with E-state index in [0.717, 1.165) is 0 Å². The van der Waals surface area contributed by atoms with Crippen LogP contribution in [0.4, 0.5) is 5.69 Å². The first-order valence-electron chi connectivity index (χ1n) is 3.89. The average molecular weight is 195 g/mol. The summed E-state index contributed by atoms with van der Waals surface area (Å²) in [5.41, 5.74) is 0.496. The van der Waals surface area contributed by atoms with E-state index in [2.05, 4.69) is 9.91 Å². The predicted octanol–water partition coefficient (Wildman–Crippen LogP) is 1.51. The van der Waals surface area contributed by atoms with E-state index in [1.54, 1.807) is 0 Å². The summed E-state index contributed by atoms with van der Waals surface area (Å²) in [7, 11) is 1.28. The van der Waals surface area contributed by atoms with Crippen LogP contribution in [0.3, 0.4) is 0 Å². The lowest BCUT2D eigenvalue weighted by molar-refractivity contribution is -0.139. The van der Waals surface area contributed by atoms with Gasteiger partial charge in [0, 0.05) is 0 Å². The van der Waals surface area contributed by atoms with E-state index >= 15 is 0 Å². The summed E-state index contributed by atoms with van der Waals surface area (Å²) in [6.45, 7) is 0. The number of benzene rings is 1. The molecular formula is C9H9NO4. The van der Waals surface area contributed by atoms with Crippen molar-refractivity contribution in [1.82, 2.24) is 0 Å². The Kier molecular flexibility index (Phi) is 3.17. The molecule has 0 aliphatic rings. The van der Waals surface area contributed by atoms with Crippen molar-refractivity contribution in [3.63, 3.8) is 0 Å². The highest BCUT2D eigenvalue weighted by Crippen LogP contribution is 2.26. The number of methoxy groups -OCH3 is 1. The van der Waals surface area contributed by atoms with Gasteiger partial charge in [-0.3, -0.25) is 4.79 Å². The van der Waals surface area contributed by atoms with Gasteiger partial charge in [-0.1, -0.05) is 6.07 Å². The average Bonchev–Trinajstić information content (AvgIpc) is 2.20. The lowest BCUT2D eigenvalue weighted by Crippen LogP contribution is -2.03. The Morgan fingerprint density at radius 3 is 2.86 bits per heavy atom. The van der Waals surface area contributed by atoms with Crippen LogP contribution in [0.5, 0.6) is 5.75 Å². The van der Waals surface area contributed by atoms with Gasteiger partial charge < -0.3 is 9.84 Å². The Morgan fingerprint density at radius 2 is 2.29 bits per heavy atom. The monoisotopic (exact) mass is 195 g/mol. The zero-order valence-electron chi connectivity index (χ0n) is 7.56. The number of esters is 1. The number of carbonyl (C=O) groups is 1. The topological polar surface area (TPSA) is 76.0 Å². The number of rotatable bonds is 3. The Morgan fingerprint density at radius 1 is 1.57 bits per heavy atom. The SMILES string of the molecule is COC(=O)Cc1ccc(O)c(N=O)c1. The molecule has 0 atom stereocenters. The fourth-order valence-corrected chi connectivity index (χ4v) is 0.991. The Balaban J connectivity index is 2.89. The van der Waals surface area contributed by atoms with Crippen molar-refractivity contribution in [1.29, 1.82) is 0 Å². The number of carbonyl (C=O) groups excluding carboxylic acids is 1. The zero-order valence-corrected chi connectivity index (χ0v) is 7.56. The summed E-state index contributed by atoms with van der Waals surface area (Å²) in [5, 5.41) is 11.7. The van der Waals surface area contributed by atoms with Crippen LogP contribution in [0.1, 0.15) is 5.56 Å². The van der Waals surface area contributed by atoms with Crippen LogP contribution in [0.15, 0.2) is 23.4 Å². The highest BCUT2D eigenvalue weighted by atomic mass is 16.5. The predicted molar refractivity (Wildman–Crippen MR) is 49.3 cm³/mol. The molecule has 5 heteroatoms. The van der Waals surface area contributed by atoms with Crippen molar-refractivity contribution in [3.8, 4) is 5.75 Å². The second-order valence-electron chi connectivity index (χ2n) is 2.67. The van der Waals surface area contributed by atoms with E-state index in [4.69, 9.17) is 5.11 Å². The van der Waals surface area contributed by atoms with Gasteiger partial charge in [-0.25, -0.2) is 0 Å². The first-order valence-corrected chi connectivity index (χ1v) is 3.89. The van der Waals surface area contributed by atoms with Gasteiger partial charge in [-0.05, 0) is 22.9 Å². The maximum absolute atomic E-state index is 10.9. The van der Waals surface area contributed by atoms with Gasteiger partial charge >= 0.3 is 5.97 Å². The number of nitroso groups, excluding NO2 is 1. The van der Waals surface area contributed by atoms with Crippen LogP contribution in [-0.2, 0) is 16.0 Å². The third-order valence-electron chi connectivity index (χ3n) is 1.71. The molecule has 5 nitrogen and oxygen atoms in total. The molecule has 0 heterocycles. The first-order chi connectivity index (χ1) is 6.67. The van der Waals surface area contributed by atoms with Crippen LogP contribution in [-0.4, -0.2) is 18.2 Å². The summed E-state index contributed by atoms with van der Waals surface area (Å²) in [5.74, 6) is -0.610. The molecule has 0 amide bonds. The van der Waals surface area contributed by atoms with Crippen LogP contribution < -0.4 is 0 Å². The minimum atomic E-state index is -0.410. The van der Waals surface area contributed by atoms with Crippen molar-refractivity contribution in [2.24, 2.45) is 5.18 Å². The molecule has 1 aromatic rings. The Bertz CT molecular complexity index is 362. The fraction of sp³-hybridized carbons (Fsp3) is 0.222. The maximum Gasteiger partial charge on any atom is 0.309 e. The number of nitrogens with zero attached hydrogens (tertiary/aromatic N) is 1. The number of hydrogen-bond donors (Lipinski definition) is 1. The molecule has 0 fully saturated rings. The second kappa shape index (κ2) is 4.36. The highest BCUT2D eigenvalue weighted by Gasteiger charge is 2.06. The molecule has 0 saturated heterocycles. The van der Waals surface area contributed by atoms with E-state index in [9.17, 15) is 9.70 Å². The largest absolute Gasteiger partial charge is 0.506 e. The van der Waals surface area contributed by atoms with Crippen molar-refractivity contribution in [2.45, 2.75) is 6.42 Å². The molecule has 14 heavy (non-hydrogen) atoms. The summed E-state index contributed by atoms with van der Waals surface area (Å²) in [6, 6.07) is 4.19. The van der Waals surface area contributed by atoms with E-state index in [1.807, 2.05) is 0 Å². The van der Waals surface area contributed by atoms with Gasteiger partial charge in [0.25, 0.3) is 0 Å². The molecule has 74 valence electrons. The number of hydrogen-bond acceptors (Lipinski definition) is 5. The Hall–Kier alpha value is -1.91.